The van der Waals surface area contributed by atoms with Gasteiger partial charge in [0.15, 0.2) is 0 Å². The summed E-state index contributed by atoms with van der Waals surface area (Å²) < 4.78 is 0. The van der Waals surface area contributed by atoms with Gasteiger partial charge in [0.05, 0.1) is 5.71 Å². The first kappa shape index (κ1) is 9.38. The predicted octanol–water partition coefficient (Wildman–Crippen LogP) is -0.200. The maximum atomic E-state index is 10.3. The summed E-state index contributed by atoms with van der Waals surface area (Å²) in [7, 11) is 0. The van der Waals surface area contributed by atoms with Crippen molar-refractivity contribution < 1.29 is 4.79 Å². The lowest BCUT2D eigenvalue weighted by Gasteiger charge is -2.02. The van der Waals surface area contributed by atoms with E-state index in [1.807, 2.05) is 11.8 Å². The minimum atomic E-state index is -0.377. The SMILES string of the molecule is CC1CSC/C1=N\NCC(N)=O. The van der Waals surface area contributed by atoms with Crippen molar-refractivity contribution in [3.63, 3.8) is 0 Å². The number of amides is 1. The fourth-order valence-electron chi connectivity index (χ4n) is 0.940. The third-order valence-electron chi connectivity index (χ3n) is 1.66. The number of carbonyl (C=O) groups excluding carboxylic acids is 1. The van der Waals surface area contributed by atoms with E-state index in [-0.39, 0.29) is 12.5 Å². The van der Waals surface area contributed by atoms with Gasteiger partial charge in [0.1, 0.15) is 6.54 Å². The Hall–Kier alpha value is -0.710. The van der Waals surface area contributed by atoms with E-state index in [1.54, 1.807) is 0 Å². The van der Waals surface area contributed by atoms with E-state index < -0.39 is 0 Å². The molecule has 0 aromatic rings. The molecule has 0 bridgehead atoms. The van der Waals surface area contributed by atoms with E-state index in [1.165, 1.54) is 0 Å². The number of hydrogen-bond donors (Lipinski definition) is 2. The third kappa shape index (κ3) is 2.73. The predicted molar refractivity (Wildman–Crippen MR) is 51.1 cm³/mol. The van der Waals surface area contributed by atoms with Crippen LogP contribution in [0.5, 0.6) is 0 Å². The molecule has 1 saturated heterocycles. The summed E-state index contributed by atoms with van der Waals surface area (Å²) in [5.74, 6) is 2.23. The van der Waals surface area contributed by atoms with Crippen molar-refractivity contribution in [3.8, 4) is 0 Å². The second kappa shape index (κ2) is 4.35. The Kier molecular flexibility index (Phi) is 3.40. The van der Waals surface area contributed by atoms with Gasteiger partial charge in [0, 0.05) is 17.4 Å². The maximum absolute atomic E-state index is 10.3. The molecule has 0 aromatic carbocycles. The van der Waals surface area contributed by atoms with E-state index in [4.69, 9.17) is 5.73 Å². The van der Waals surface area contributed by atoms with Gasteiger partial charge in [-0.1, -0.05) is 6.92 Å². The highest BCUT2D eigenvalue weighted by atomic mass is 32.2. The molecule has 3 N–H and O–H groups in total. The van der Waals surface area contributed by atoms with Crippen LogP contribution in [-0.2, 0) is 4.79 Å². The van der Waals surface area contributed by atoms with Crippen molar-refractivity contribution in [2.24, 2.45) is 16.8 Å². The number of carbonyl (C=O) groups is 1. The summed E-state index contributed by atoms with van der Waals surface area (Å²) in [6.07, 6.45) is 0. The Balaban J connectivity index is 2.31. The zero-order chi connectivity index (χ0) is 8.97. The molecule has 0 aliphatic carbocycles. The number of primary amides is 1. The van der Waals surface area contributed by atoms with E-state index in [9.17, 15) is 4.79 Å². The first-order valence-electron chi connectivity index (χ1n) is 3.85. The highest BCUT2D eigenvalue weighted by Crippen LogP contribution is 2.20. The highest BCUT2D eigenvalue weighted by molar-refractivity contribution is 8.00. The molecular formula is C7H13N3OS. The van der Waals surface area contributed by atoms with Crippen molar-refractivity contribution >= 4 is 23.4 Å². The standard InChI is InChI=1S/C7H13N3OS/c1-5-3-12-4-6(5)10-9-2-7(8)11/h5,9H,2-4H2,1H3,(H2,8,11)/b10-6+. The zero-order valence-corrected chi connectivity index (χ0v) is 7.86. The van der Waals surface area contributed by atoms with Gasteiger partial charge in [0.2, 0.25) is 5.91 Å². The van der Waals surface area contributed by atoms with Crippen LogP contribution in [0.15, 0.2) is 5.10 Å². The molecule has 68 valence electrons. The van der Waals surface area contributed by atoms with Gasteiger partial charge in [-0.25, -0.2) is 0 Å². The first-order valence-corrected chi connectivity index (χ1v) is 5.01. The molecule has 0 radical (unpaired) electrons. The Bertz CT molecular complexity index is 205. The Morgan fingerprint density at radius 3 is 3.17 bits per heavy atom. The van der Waals surface area contributed by atoms with Crippen LogP contribution in [-0.4, -0.2) is 29.7 Å². The van der Waals surface area contributed by atoms with Crippen molar-refractivity contribution in [1.82, 2.24) is 5.43 Å². The quantitative estimate of drug-likeness (QED) is 0.601. The molecule has 1 atom stereocenters. The maximum Gasteiger partial charge on any atom is 0.238 e. The summed E-state index contributed by atoms with van der Waals surface area (Å²) in [6.45, 7) is 2.26. The normalized spacial score (nSPS) is 26.1. The summed E-state index contributed by atoms with van der Waals surface area (Å²) >= 11 is 1.86. The first-order chi connectivity index (χ1) is 5.70. The van der Waals surface area contributed by atoms with Crippen LogP contribution in [0, 0.1) is 5.92 Å². The van der Waals surface area contributed by atoms with Gasteiger partial charge in [-0.2, -0.15) is 16.9 Å². The number of nitrogens with one attached hydrogen (secondary N) is 1. The van der Waals surface area contributed by atoms with Crippen LogP contribution < -0.4 is 11.2 Å². The molecule has 0 spiro atoms. The number of thioether (sulfide) groups is 1. The summed E-state index contributed by atoms with van der Waals surface area (Å²) in [5.41, 5.74) is 8.72. The summed E-state index contributed by atoms with van der Waals surface area (Å²) in [5, 5.41) is 4.09. The topological polar surface area (TPSA) is 67.5 Å². The van der Waals surface area contributed by atoms with Crippen LogP contribution in [0.1, 0.15) is 6.92 Å². The van der Waals surface area contributed by atoms with Gasteiger partial charge in [-0.3, -0.25) is 4.79 Å². The fourth-order valence-corrected chi connectivity index (χ4v) is 2.16. The van der Waals surface area contributed by atoms with Crippen LogP contribution >= 0.6 is 11.8 Å². The number of rotatable bonds is 3. The second-order valence-electron chi connectivity index (χ2n) is 2.82. The van der Waals surface area contributed by atoms with Crippen molar-refractivity contribution in [3.05, 3.63) is 0 Å². The van der Waals surface area contributed by atoms with E-state index in [0.717, 1.165) is 17.2 Å². The van der Waals surface area contributed by atoms with E-state index in [2.05, 4.69) is 17.5 Å². The molecule has 1 aliphatic rings. The molecule has 1 amide bonds. The Morgan fingerprint density at radius 2 is 2.67 bits per heavy atom. The van der Waals surface area contributed by atoms with Crippen molar-refractivity contribution in [2.75, 3.05) is 18.1 Å². The van der Waals surface area contributed by atoms with E-state index >= 15 is 0 Å². The van der Waals surface area contributed by atoms with Gasteiger partial charge in [0.25, 0.3) is 0 Å². The van der Waals surface area contributed by atoms with Gasteiger partial charge in [-0.05, 0) is 0 Å². The highest BCUT2D eigenvalue weighted by Gasteiger charge is 2.17. The Morgan fingerprint density at radius 1 is 1.92 bits per heavy atom. The average Bonchev–Trinajstić information content (AvgIpc) is 2.36. The second-order valence-corrected chi connectivity index (χ2v) is 3.85. The van der Waals surface area contributed by atoms with Crippen LogP contribution in [0.25, 0.3) is 0 Å². The number of nitrogens with two attached hydrogens (primary N) is 1. The van der Waals surface area contributed by atoms with Crippen molar-refractivity contribution in [1.29, 1.82) is 0 Å². The molecule has 0 saturated carbocycles. The molecular weight excluding hydrogens is 174 g/mol. The minimum absolute atomic E-state index is 0.126. The van der Waals surface area contributed by atoms with Gasteiger partial charge < -0.3 is 11.2 Å². The van der Waals surface area contributed by atoms with Crippen LogP contribution in [0.2, 0.25) is 0 Å². The molecule has 1 rings (SSSR count). The summed E-state index contributed by atoms with van der Waals surface area (Å²) in [4.78, 5) is 10.3. The Labute approximate surface area is 76.0 Å². The third-order valence-corrected chi connectivity index (χ3v) is 2.90. The lowest BCUT2D eigenvalue weighted by molar-refractivity contribution is -0.117. The number of hydrazone groups is 1. The lowest BCUT2D eigenvalue weighted by Crippen LogP contribution is -2.26. The van der Waals surface area contributed by atoms with E-state index in [0.29, 0.717) is 5.92 Å². The molecule has 1 heterocycles. The summed E-state index contributed by atoms with van der Waals surface area (Å²) in [6, 6.07) is 0. The number of nitrogens with zero attached hydrogens (tertiary/aromatic N) is 1. The fraction of sp³-hybridized carbons (Fsp3) is 0.714. The lowest BCUT2D eigenvalue weighted by atomic mass is 10.1. The molecule has 1 aliphatic heterocycles. The van der Waals surface area contributed by atoms with Crippen molar-refractivity contribution in [2.45, 2.75) is 6.92 Å². The average molecular weight is 187 g/mol. The smallest absolute Gasteiger partial charge is 0.238 e. The molecule has 0 aromatic heterocycles. The largest absolute Gasteiger partial charge is 0.368 e. The molecule has 5 heteroatoms. The number of hydrogen-bond acceptors (Lipinski definition) is 4. The zero-order valence-electron chi connectivity index (χ0n) is 7.04. The van der Waals surface area contributed by atoms with Crippen LogP contribution in [0.4, 0.5) is 0 Å². The minimum Gasteiger partial charge on any atom is -0.368 e. The molecule has 4 nitrogen and oxygen atoms in total. The molecule has 12 heavy (non-hydrogen) atoms. The van der Waals surface area contributed by atoms with Gasteiger partial charge in [-0.15, -0.1) is 0 Å². The van der Waals surface area contributed by atoms with Gasteiger partial charge >= 0.3 is 0 Å². The molecule has 1 fully saturated rings. The van der Waals surface area contributed by atoms with Crippen LogP contribution in [0.3, 0.4) is 0 Å². The molecule has 1 unspecified atom stereocenters. The monoisotopic (exact) mass is 187 g/mol.